The van der Waals surface area contributed by atoms with Crippen molar-refractivity contribution < 1.29 is 36.5 Å². The lowest BCUT2D eigenvalue weighted by molar-refractivity contribution is -0.181. The quantitative estimate of drug-likeness (QED) is 0.371. The molecule has 2 aromatic heterocycles. The van der Waals surface area contributed by atoms with Crippen molar-refractivity contribution in [1.82, 2.24) is 9.97 Å². The van der Waals surface area contributed by atoms with E-state index in [4.69, 9.17) is 9.47 Å². The van der Waals surface area contributed by atoms with Gasteiger partial charge in [0.25, 0.3) is 0 Å². The van der Waals surface area contributed by atoms with E-state index >= 15 is 0 Å². The van der Waals surface area contributed by atoms with E-state index in [9.17, 15) is 17.6 Å². The summed E-state index contributed by atoms with van der Waals surface area (Å²) in [6, 6.07) is 7.68. The molecule has 1 unspecified atom stereocenters. The molecule has 1 aliphatic rings. The molecule has 4 rings (SSSR count). The van der Waals surface area contributed by atoms with Gasteiger partial charge in [0.1, 0.15) is 5.01 Å². The van der Waals surface area contributed by atoms with Crippen LogP contribution in [0.2, 0.25) is 0 Å². The number of rotatable bonds is 9. The Morgan fingerprint density at radius 3 is 2.36 bits per heavy atom. The number of hydrogen-bond donors (Lipinski definition) is 0. The average Bonchev–Trinajstić information content (AvgIpc) is 3.29. The monoisotopic (exact) mass is 484 g/mol. The summed E-state index contributed by atoms with van der Waals surface area (Å²) in [4.78, 5) is 9.32. The van der Waals surface area contributed by atoms with Crippen LogP contribution in [0.5, 0.6) is 11.5 Å². The molecule has 0 bridgehead atoms. The molecule has 3 aromatic rings. The third-order valence-electron chi connectivity index (χ3n) is 4.89. The van der Waals surface area contributed by atoms with Gasteiger partial charge in [0.15, 0.2) is 17.8 Å². The summed E-state index contributed by atoms with van der Waals surface area (Å²) in [6.07, 6.45) is 5.73. The number of benzene rings is 1. The molecule has 0 N–H and O–H groups in total. The number of aromatic nitrogens is 2. The Kier molecular flexibility index (Phi) is 7.73. The van der Waals surface area contributed by atoms with E-state index in [0.717, 1.165) is 16.9 Å². The fraction of sp³-hybridized carbons (Fsp3) is 0.364. The first kappa shape index (κ1) is 23.4. The van der Waals surface area contributed by atoms with E-state index in [-0.39, 0.29) is 5.92 Å². The van der Waals surface area contributed by atoms with Crippen molar-refractivity contribution in [3.05, 3.63) is 69.9 Å². The number of ether oxygens (including phenoxy) is 4. The van der Waals surface area contributed by atoms with Gasteiger partial charge >= 0.3 is 13.2 Å². The third kappa shape index (κ3) is 6.18. The molecule has 3 heterocycles. The lowest BCUT2D eigenvalue weighted by atomic mass is 9.92. The molecule has 0 amide bonds. The standard InChI is InChI=1S/C22H20F4N2O4S/c23-21(24)31-16-3-2-14(11-17(16)32-22(25)26)15(10-13-4-6-27-7-5-13)19-28-12-18(33-19)20-29-8-1-9-30-20/h2-7,11-12,15,20-22H,1,8-10H2. The van der Waals surface area contributed by atoms with Gasteiger partial charge in [0.05, 0.1) is 18.1 Å². The largest absolute Gasteiger partial charge is 0.431 e. The molecule has 1 atom stereocenters. The van der Waals surface area contributed by atoms with Gasteiger partial charge in [-0.05, 0) is 48.2 Å². The number of alkyl halides is 4. The van der Waals surface area contributed by atoms with Gasteiger partial charge in [0, 0.05) is 24.5 Å². The van der Waals surface area contributed by atoms with Crippen LogP contribution in [0, 0.1) is 0 Å². The Labute approximate surface area is 191 Å². The highest BCUT2D eigenvalue weighted by Gasteiger charge is 2.25. The Bertz CT molecular complexity index is 1030. The van der Waals surface area contributed by atoms with E-state index in [1.165, 1.54) is 29.5 Å². The molecule has 33 heavy (non-hydrogen) atoms. The van der Waals surface area contributed by atoms with E-state index in [2.05, 4.69) is 19.4 Å². The van der Waals surface area contributed by atoms with E-state index in [0.29, 0.717) is 30.2 Å². The molecule has 1 fully saturated rings. The molecular weight excluding hydrogens is 464 g/mol. The molecule has 0 saturated carbocycles. The second-order valence-corrected chi connectivity index (χ2v) is 8.20. The first-order valence-electron chi connectivity index (χ1n) is 10.1. The molecule has 1 aromatic carbocycles. The van der Waals surface area contributed by atoms with Crippen molar-refractivity contribution in [3.63, 3.8) is 0 Å². The first-order valence-corrected chi connectivity index (χ1v) is 10.9. The van der Waals surface area contributed by atoms with Gasteiger partial charge in [-0.1, -0.05) is 6.07 Å². The molecule has 6 nitrogen and oxygen atoms in total. The molecule has 176 valence electrons. The number of halogens is 4. The number of pyridine rings is 1. The predicted octanol–water partition coefficient (Wildman–Crippen LogP) is 5.55. The Morgan fingerprint density at radius 2 is 1.67 bits per heavy atom. The van der Waals surface area contributed by atoms with Crippen molar-refractivity contribution in [1.29, 1.82) is 0 Å². The zero-order valence-electron chi connectivity index (χ0n) is 17.2. The predicted molar refractivity (Wildman–Crippen MR) is 111 cm³/mol. The van der Waals surface area contributed by atoms with Crippen LogP contribution in [0.4, 0.5) is 17.6 Å². The van der Waals surface area contributed by atoms with Crippen LogP contribution in [-0.2, 0) is 15.9 Å². The van der Waals surface area contributed by atoms with Gasteiger partial charge < -0.3 is 18.9 Å². The van der Waals surface area contributed by atoms with Crippen molar-refractivity contribution in [2.75, 3.05) is 13.2 Å². The smallest absolute Gasteiger partial charge is 0.387 e. The number of nitrogens with zero attached hydrogens (tertiary/aromatic N) is 2. The summed E-state index contributed by atoms with van der Waals surface area (Å²) in [5.41, 5.74) is 1.48. The summed E-state index contributed by atoms with van der Waals surface area (Å²) >= 11 is 1.38. The van der Waals surface area contributed by atoms with Gasteiger partial charge in [-0.15, -0.1) is 11.3 Å². The zero-order chi connectivity index (χ0) is 23.2. The summed E-state index contributed by atoms with van der Waals surface area (Å²) in [5, 5.41) is 0.685. The number of hydrogen-bond acceptors (Lipinski definition) is 7. The lowest BCUT2D eigenvalue weighted by Crippen LogP contribution is -2.16. The molecule has 0 aliphatic carbocycles. The van der Waals surface area contributed by atoms with Crippen LogP contribution < -0.4 is 9.47 Å². The second-order valence-electron chi connectivity index (χ2n) is 7.10. The van der Waals surface area contributed by atoms with E-state index in [1.807, 2.05) is 12.1 Å². The van der Waals surface area contributed by atoms with Crippen LogP contribution in [0.3, 0.4) is 0 Å². The summed E-state index contributed by atoms with van der Waals surface area (Å²) in [7, 11) is 0. The van der Waals surface area contributed by atoms with Crippen LogP contribution in [0.1, 0.15) is 39.6 Å². The molecule has 1 aliphatic heterocycles. The fourth-order valence-corrected chi connectivity index (χ4v) is 4.49. The van der Waals surface area contributed by atoms with Crippen molar-refractivity contribution in [2.24, 2.45) is 0 Å². The summed E-state index contributed by atoms with van der Waals surface area (Å²) < 4.78 is 71.4. The Morgan fingerprint density at radius 1 is 0.970 bits per heavy atom. The minimum Gasteiger partial charge on any atom is -0.431 e. The molecule has 1 saturated heterocycles. The molecular formula is C22H20F4N2O4S. The van der Waals surface area contributed by atoms with Crippen LogP contribution >= 0.6 is 11.3 Å². The normalized spacial score (nSPS) is 15.7. The van der Waals surface area contributed by atoms with Crippen molar-refractivity contribution in [2.45, 2.75) is 38.3 Å². The highest BCUT2D eigenvalue weighted by atomic mass is 32.1. The van der Waals surface area contributed by atoms with Crippen molar-refractivity contribution in [3.8, 4) is 11.5 Å². The molecule has 0 radical (unpaired) electrons. The SMILES string of the molecule is FC(F)Oc1ccc(C(Cc2ccncc2)c2ncc(C3OCCCO3)s2)cc1OC(F)F. The van der Waals surface area contributed by atoms with Crippen LogP contribution in [-0.4, -0.2) is 36.4 Å². The highest BCUT2D eigenvalue weighted by molar-refractivity contribution is 7.11. The first-order chi connectivity index (χ1) is 16.0. The van der Waals surface area contributed by atoms with Crippen molar-refractivity contribution >= 4 is 11.3 Å². The highest BCUT2D eigenvalue weighted by Crippen LogP contribution is 2.39. The maximum atomic E-state index is 12.9. The van der Waals surface area contributed by atoms with Gasteiger partial charge in [-0.25, -0.2) is 4.98 Å². The lowest BCUT2D eigenvalue weighted by Gasteiger charge is -2.21. The van der Waals surface area contributed by atoms with E-state index in [1.54, 1.807) is 18.6 Å². The van der Waals surface area contributed by atoms with Gasteiger partial charge in [0.2, 0.25) is 0 Å². The van der Waals surface area contributed by atoms with Crippen LogP contribution in [0.15, 0.2) is 48.9 Å². The minimum atomic E-state index is -3.20. The molecule has 0 spiro atoms. The topological polar surface area (TPSA) is 62.7 Å². The third-order valence-corrected chi connectivity index (χ3v) is 6.02. The summed E-state index contributed by atoms with van der Waals surface area (Å²) in [6.45, 7) is -5.22. The Balaban J connectivity index is 1.69. The van der Waals surface area contributed by atoms with Crippen LogP contribution in [0.25, 0.3) is 0 Å². The average molecular weight is 484 g/mol. The van der Waals surface area contributed by atoms with Gasteiger partial charge in [-0.3, -0.25) is 4.98 Å². The molecule has 11 heteroatoms. The Hall–Kier alpha value is -2.76. The summed E-state index contributed by atoms with van der Waals surface area (Å²) in [5.74, 6) is -1.32. The minimum absolute atomic E-state index is 0.379. The van der Waals surface area contributed by atoms with Gasteiger partial charge in [-0.2, -0.15) is 17.6 Å². The van der Waals surface area contributed by atoms with E-state index < -0.39 is 31.0 Å². The maximum Gasteiger partial charge on any atom is 0.387 e. The number of thiazole rings is 1. The fourth-order valence-electron chi connectivity index (χ4n) is 3.45. The zero-order valence-corrected chi connectivity index (χ0v) is 18.0. The second kappa shape index (κ2) is 10.9. The maximum absolute atomic E-state index is 12.9.